The van der Waals surface area contributed by atoms with Gasteiger partial charge in [-0.05, 0) is 42.7 Å². The van der Waals surface area contributed by atoms with Gasteiger partial charge in [0.1, 0.15) is 11.5 Å². The van der Waals surface area contributed by atoms with Crippen molar-refractivity contribution in [1.82, 2.24) is 0 Å². The Morgan fingerprint density at radius 1 is 0.800 bits per heavy atom. The van der Waals surface area contributed by atoms with Crippen molar-refractivity contribution in [2.24, 2.45) is 4.99 Å². The molecule has 2 aliphatic heterocycles. The second-order valence-corrected chi connectivity index (χ2v) is 7.65. The first-order valence-electron chi connectivity index (χ1n) is 9.47. The lowest BCUT2D eigenvalue weighted by molar-refractivity contribution is -0.129. The minimum Gasteiger partial charge on any atom is -0.456 e. The Hall–Kier alpha value is -3.57. The summed E-state index contributed by atoms with van der Waals surface area (Å²) >= 11 is 1.68. The van der Waals surface area contributed by atoms with Gasteiger partial charge in [-0.15, -0.1) is 11.8 Å². The van der Waals surface area contributed by atoms with E-state index in [4.69, 9.17) is 9.47 Å². The van der Waals surface area contributed by atoms with Crippen molar-refractivity contribution < 1.29 is 14.3 Å². The second-order valence-electron chi connectivity index (χ2n) is 6.77. The number of cyclic esters (lactones) is 1. The monoisotopic (exact) mass is 411 g/mol. The lowest BCUT2D eigenvalue weighted by Gasteiger charge is -2.20. The predicted octanol–water partition coefficient (Wildman–Crippen LogP) is 5.56. The molecule has 0 unspecified atom stereocenters. The molecule has 0 bridgehead atoms. The van der Waals surface area contributed by atoms with E-state index in [1.807, 2.05) is 91.2 Å². The van der Waals surface area contributed by atoms with Crippen LogP contribution in [0.15, 0.2) is 101 Å². The Balaban J connectivity index is 1.65. The quantitative estimate of drug-likeness (QED) is 0.322. The van der Waals surface area contributed by atoms with Crippen LogP contribution in [0.2, 0.25) is 0 Å². The molecule has 0 atom stereocenters. The van der Waals surface area contributed by atoms with Crippen LogP contribution in [0.25, 0.3) is 11.3 Å². The van der Waals surface area contributed by atoms with Crippen molar-refractivity contribution in [3.8, 4) is 5.75 Å². The van der Waals surface area contributed by atoms with Crippen molar-refractivity contribution in [2.75, 3.05) is 6.26 Å². The molecule has 0 fully saturated rings. The smallest absolute Gasteiger partial charge is 0.364 e. The molecule has 3 aromatic carbocycles. The number of para-hydroxylation sites is 1. The normalized spacial score (nSPS) is 17.6. The Labute approximate surface area is 178 Å². The molecule has 0 amide bonds. The number of hydrogen-bond acceptors (Lipinski definition) is 5. The minimum absolute atomic E-state index is 0.280. The van der Waals surface area contributed by atoms with Gasteiger partial charge in [0.2, 0.25) is 5.90 Å². The molecule has 0 radical (unpaired) electrons. The van der Waals surface area contributed by atoms with Crippen molar-refractivity contribution >= 4 is 35.0 Å². The number of hydrogen-bond donors (Lipinski definition) is 0. The maximum Gasteiger partial charge on any atom is 0.364 e. The highest BCUT2D eigenvalue weighted by molar-refractivity contribution is 7.98. The minimum atomic E-state index is -0.464. The molecule has 0 spiro atoms. The van der Waals surface area contributed by atoms with E-state index in [9.17, 15) is 4.79 Å². The highest BCUT2D eigenvalue weighted by Crippen LogP contribution is 2.40. The van der Waals surface area contributed by atoms with Gasteiger partial charge >= 0.3 is 5.97 Å². The van der Waals surface area contributed by atoms with Gasteiger partial charge in [0, 0.05) is 27.2 Å². The number of fused-ring (bicyclic) bond motifs is 1. The molecule has 0 aliphatic carbocycles. The number of aliphatic imine (C=N–C) groups is 1. The first-order valence-corrected chi connectivity index (χ1v) is 10.7. The third kappa shape index (κ3) is 3.33. The fraction of sp³-hybridized carbons (Fsp3) is 0.0400. The molecule has 5 heteroatoms. The van der Waals surface area contributed by atoms with Crippen LogP contribution < -0.4 is 4.74 Å². The fourth-order valence-corrected chi connectivity index (χ4v) is 3.82. The lowest BCUT2D eigenvalue weighted by Crippen LogP contribution is -2.08. The maximum absolute atomic E-state index is 12.7. The zero-order valence-corrected chi connectivity index (χ0v) is 17.0. The summed E-state index contributed by atoms with van der Waals surface area (Å²) in [4.78, 5) is 18.4. The number of rotatable bonds is 3. The average Bonchev–Trinajstić information content (AvgIpc) is 3.20. The third-order valence-electron chi connectivity index (χ3n) is 4.92. The van der Waals surface area contributed by atoms with Gasteiger partial charge in [0.05, 0.1) is 0 Å². The first kappa shape index (κ1) is 18.5. The summed E-state index contributed by atoms with van der Waals surface area (Å²) in [5.41, 5.74) is 3.48. The van der Waals surface area contributed by atoms with E-state index in [2.05, 4.69) is 4.99 Å². The van der Waals surface area contributed by atoms with Crippen LogP contribution in [0.4, 0.5) is 0 Å². The molecule has 146 valence electrons. The molecule has 0 aromatic heterocycles. The highest BCUT2D eigenvalue weighted by atomic mass is 32.2. The predicted molar refractivity (Wildman–Crippen MR) is 119 cm³/mol. The van der Waals surface area contributed by atoms with Crippen LogP contribution in [-0.4, -0.2) is 18.1 Å². The summed E-state index contributed by atoms with van der Waals surface area (Å²) in [6.45, 7) is 0. The van der Waals surface area contributed by atoms with Crippen molar-refractivity contribution in [2.45, 2.75) is 4.90 Å². The van der Waals surface area contributed by atoms with E-state index < -0.39 is 5.97 Å². The molecule has 5 rings (SSSR count). The van der Waals surface area contributed by atoms with Crippen LogP contribution in [0.5, 0.6) is 5.75 Å². The number of benzene rings is 3. The highest BCUT2D eigenvalue weighted by Gasteiger charge is 2.30. The Kier molecular flexibility index (Phi) is 4.73. The molecule has 30 heavy (non-hydrogen) atoms. The van der Waals surface area contributed by atoms with Crippen molar-refractivity contribution in [3.63, 3.8) is 0 Å². The van der Waals surface area contributed by atoms with Gasteiger partial charge in [-0.25, -0.2) is 9.79 Å². The number of ether oxygens (including phenoxy) is 2. The first-order chi connectivity index (χ1) is 14.7. The number of allylic oxidation sites excluding steroid dienone is 2. The maximum atomic E-state index is 12.7. The number of thioether (sulfide) groups is 1. The van der Waals surface area contributed by atoms with Crippen molar-refractivity contribution in [3.05, 3.63) is 107 Å². The molecule has 2 heterocycles. The van der Waals surface area contributed by atoms with E-state index in [-0.39, 0.29) is 5.70 Å². The molecular formula is C25H17NO3S. The third-order valence-corrected chi connectivity index (χ3v) is 5.66. The Bertz CT molecular complexity index is 1220. The van der Waals surface area contributed by atoms with Crippen LogP contribution in [0.3, 0.4) is 0 Å². The van der Waals surface area contributed by atoms with E-state index >= 15 is 0 Å². The molecule has 2 aliphatic rings. The molecule has 0 saturated heterocycles. The zero-order chi connectivity index (χ0) is 20.5. The summed E-state index contributed by atoms with van der Waals surface area (Å²) in [6.07, 6.45) is 3.91. The summed E-state index contributed by atoms with van der Waals surface area (Å²) in [5, 5.41) is 0. The number of esters is 1. The van der Waals surface area contributed by atoms with Gasteiger partial charge in [-0.2, -0.15) is 0 Å². The Morgan fingerprint density at radius 2 is 1.53 bits per heavy atom. The van der Waals surface area contributed by atoms with Gasteiger partial charge < -0.3 is 9.47 Å². The van der Waals surface area contributed by atoms with Crippen LogP contribution in [-0.2, 0) is 9.53 Å². The zero-order valence-electron chi connectivity index (χ0n) is 16.2. The molecule has 4 nitrogen and oxygen atoms in total. The number of nitrogens with zero attached hydrogens (tertiary/aromatic N) is 1. The van der Waals surface area contributed by atoms with E-state index in [1.165, 1.54) is 4.90 Å². The SMILES string of the molecule is CSc1ccc(C2=C/C(=C3/N=C(c4ccccc4)OC3=O)c3ccccc3O2)cc1. The van der Waals surface area contributed by atoms with Crippen molar-refractivity contribution in [1.29, 1.82) is 0 Å². The van der Waals surface area contributed by atoms with Gasteiger partial charge in [0.25, 0.3) is 0 Å². The lowest BCUT2D eigenvalue weighted by atomic mass is 9.98. The Morgan fingerprint density at radius 3 is 2.30 bits per heavy atom. The average molecular weight is 411 g/mol. The van der Waals surface area contributed by atoms with Crippen LogP contribution >= 0.6 is 11.8 Å². The molecule has 0 N–H and O–H groups in total. The fourth-order valence-electron chi connectivity index (χ4n) is 3.41. The summed E-state index contributed by atoms with van der Waals surface area (Å²) in [5.74, 6) is 1.20. The summed E-state index contributed by atoms with van der Waals surface area (Å²) in [6, 6.07) is 25.2. The molecule has 0 saturated carbocycles. The van der Waals surface area contributed by atoms with E-state index in [0.29, 0.717) is 23.0 Å². The van der Waals surface area contributed by atoms with Crippen LogP contribution in [0, 0.1) is 0 Å². The van der Waals surface area contributed by atoms with Crippen LogP contribution in [0.1, 0.15) is 16.7 Å². The summed E-state index contributed by atoms with van der Waals surface area (Å²) in [7, 11) is 0. The van der Waals surface area contributed by atoms with Gasteiger partial charge in [0.15, 0.2) is 5.70 Å². The molecular weight excluding hydrogens is 394 g/mol. The summed E-state index contributed by atoms with van der Waals surface area (Å²) < 4.78 is 11.6. The standard InChI is InChI=1S/C25H17NO3S/c1-30-18-13-11-16(12-14-18)22-15-20(19-9-5-6-10-21(19)28-22)23-25(27)29-24(26-23)17-7-3-2-4-8-17/h2-15H,1H3/b23-20-. The largest absolute Gasteiger partial charge is 0.456 e. The van der Waals surface area contributed by atoms with Gasteiger partial charge in [-0.1, -0.05) is 48.5 Å². The van der Waals surface area contributed by atoms with Gasteiger partial charge in [-0.3, -0.25) is 0 Å². The number of carbonyl (C=O) groups is 1. The van der Waals surface area contributed by atoms with E-state index in [1.54, 1.807) is 11.8 Å². The molecule has 3 aromatic rings. The topological polar surface area (TPSA) is 47.9 Å². The number of carbonyl (C=O) groups excluding carboxylic acids is 1. The van der Waals surface area contributed by atoms with E-state index in [0.717, 1.165) is 16.7 Å². The second kappa shape index (κ2) is 7.69.